The minimum Gasteiger partial charge on any atom is -0.377 e. The van der Waals surface area contributed by atoms with E-state index in [1.807, 2.05) is 13.8 Å². The number of methoxy groups -OCH3 is 1. The number of nitrogens with zero attached hydrogens (tertiary/aromatic N) is 2. The molecule has 0 spiro atoms. The van der Waals surface area contributed by atoms with Gasteiger partial charge in [0.05, 0.1) is 5.60 Å². The Labute approximate surface area is 122 Å². The van der Waals surface area contributed by atoms with Gasteiger partial charge in [-0.2, -0.15) is 0 Å². The lowest BCUT2D eigenvalue weighted by molar-refractivity contribution is 0.0276. The zero-order valence-electron chi connectivity index (χ0n) is 11.8. The van der Waals surface area contributed by atoms with Gasteiger partial charge in [0.25, 0.3) is 10.0 Å². The Morgan fingerprint density at radius 2 is 2.20 bits per heavy atom. The molecule has 2 heterocycles. The number of anilines is 1. The highest BCUT2D eigenvalue weighted by molar-refractivity contribution is 7.89. The van der Waals surface area contributed by atoms with Gasteiger partial charge in [-0.15, -0.1) is 11.3 Å². The van der Waals surface area contributed by atoms with E-state index in [9.17, 15) is 8.42 Å². The summed E-state index contributed by atoms with van der Waals surface area (Å²) >= 11 is 1.38. The standard InChI is InChI=1S/C11H18N4O3S2/c1-11(2,18-4)7-13-20(16,17)9-8(12-3)14-10-15(9)5-6-19-10/h5-6,12-13H,7H2,1-4H3. The van der Waals surface area contributed by atoms with E-state index in [4.69, 9.17) is 4.74 Å². The molecule has 2 rings (SSSR count). The van der Waals surface area contributed by atoms with Gasteiger partial charge in [-0.25, -0.2) is 18.1 Å². The van der Waals surface area contributed by atoms with Crippen LogP contribution in [0.25, 0.3) is 4.96 Å². The summed E-state index contributed by atoms with van der Waals surface area (Å²) in [5.74, 6) is 0.333. The second-order valence-corrected chi connectivity index (χ2v) is 7.41. The van der Waals surface area contributed by atoms with Gasteiger partial charge in [-0.1, -0.05) is 0 Å². The Hall–Kier alpha value is -1.16. The molecule has 2 aromatic heterocycles. The summed E-state index contributed by atoms with van der Waals surface area (Å²) in [6.45, 7) is 3.79. The van der Waals surface area contributed by atoms with Crippen LogP contribution in [0.5, 0.6) is 0 Å². The molecule has 2 N–H and O–H groups in total. The monoisotopic (exact) mass is 318 g/mol. The van der Waals surface area contributed by atoms with Crippen LogP contribution >= 0.6 is 11.3 Å². The van der Waals surface area contributed by atoms with Crippen molar-refractivity contribution >= 4 is 32.1 Å². The van der Waals surface area contributed by atoms with Crippen LogP contribution in [-0.2, 0) is 14.8 Å². The lowest BCUT2D eigenvalue weighted by atomic mass is 10.1. The number of hydrogen-bond donors (Lipinski definition) is 2. The lowest BCUT2D eigenvalue weighted by Gasteiger charge is -2.23. The third-order valence-corrected chi connectivity index (χ3v) is 5.13. The highest BCUT2D eigenvalue weighted by atomic mass is 32.2. The van der Waals surface area contributed by atoms with Crippen molar-refractivity contribution in [3.05, 3.63) is 11.6 Å². The Balaban J connectivity index is 2.38. The molecular formula is C11H18N4O3S2. The van der Waals surface area contributed by atoms with E-state index in [1.54, 1.807) is 30.1 Å². The van der Waals surface area contributed by atoms with E-state index >= 15 is 0 Å². The van der Waals surface area contributed by atoms with Crippen molar-refractivity contribution in [2.75, 3.05) is 26.0 Å². The quantitative estimate of drug-likeness (QED) is 0.834. The van der Waals surface area contributed by atoms with Crippen molar-refractivity contribution in [2.45, 2.75) is 24.5 Å². The average molecular weight is 318 g/mol. The molecule has 2 aromatic rings. The molecule has 20 heavy (non-hydrogen) atoms. The minimum absolute atomic E-state index is 0.114. The topological polar surface area (TPSA) is 84.7 Å². The number of ether oxygens (including phenoxy) is 1. The predicted molar refractivity (Wildman–Crippen MR) is 78.9 cm³/mol. The maximum atomic E-state index is 12.5. The van der Waals surface area contributed by atoms with Crippen LogP contribution in [0.4, 0.5) is 5.82 Å². The van der Waals surface area contributed by atoms with Crippen LogP contribution in [-0.4, -0.2) is 44.1 Å². The fourth-order valence-corrected chi connectivity index (χ4v) is 3.85. The summed E-state index contributed by atoms with van der Waals surface area (Å²) in [5, 5.41) is 4.72. The third-order valence-electron chi connectivity index (χ3n) is 2.95. The van der Waals surface area contributed by atoms with Crippen molar-refractivity contribution < 1.29 is 13.2 Å². The molecule has 0 radical (unpaired) electrons. The van der Waals surface area contributed by atoms with Crippen LogP contribution in [0.1, 0.15) is 13.8 Å². The molecule has 9 heteroatoms. The zero-order chi connectivity index (χ0) is 15.0. The molecule has 0 saturated heterocycles. The molecule has 0 aliphatic rings. The molecule has 0 bridgehead atoms. The molecule has 112 valence electrons. The molecule has 0 aliphatic heterocycles. The van der Waals surface area contributed by atoms with Crippen LogP contribution in [0.3, 0.4) is 0 Å². The van der Waals surface area contributed by atoms with Crippen molar-refractivity contribution in [3.8, 4) is 0 Å². The van der Waals surface area contributed by atoms with Gasteiger partial charge in [0.2, 0.25) is 0 Å². The predicted octanol–water partition coefficient (Wildman–Crippen LogP) is 1.14. The van der Waals surface area contributed by atoms with Gasteiger partial charge in [0, 0.05) is 32.3 Å². The Morgan fingerprint density at radius 3 is 2.80 bits per heavy atom. The van der Waals surface area contributed by atoms with Crippen molar-refractivity contribution in [1.82, 2.24) is 14.1 Å². The van der Waals surface area contributed by atoms with Crippen LogP contribution in [0.15, 0.2) is 16.6 Å². The van der Waals surface area contributed by atoms with Gasteiger partial charge in [-0.05, 0) is 13.8 Å². The molecule has 0 saturated carbocycles. The maximum absolute atomic E-state index is 12.5. The van der Waals surface area contributed by atoms with Crippen LogP contribution < -0.4 is 10.0 Å². The minimum atomic E-state index is -3.68. The molecule has 0 fully saturated rings. The number of nitrogens with one attached hydrogen (secondary N) is 2. The summed E-state index contributed by atoms with van der Waals surface area (Å²) in [6.07, 6.45) is 1.68. The second-order valence-electron chi connectivity index (χ2n) is 4.86. The van der Waals surface area contributed by atoms with Crippen molar-refractivity contribution in [1.29, 1.82) is 0 Å². The molecule has 0 aliphatic carbocycles. The van der Waals surface area contributed by atoms with E-state index in [0.717, 1.165) is 0 Å². The normalized spacial score (nSPS) is 13.0. The first-order chi connectivity index (χ1) is 9.30. The number of aromatic nitrogens is 2. The van der Waals surface area contributed by atoms with Gasteiger partial charge in [-0.3, -0.25) is 4.40 Å². The van der Waals surface area contributed by atoms with Gasteiger partial charge < -0.3 is 10.1 Å². The summed E-state index contributed by atoms with van der Waals surface area (Å²) < 4.78 is 34.3. The maximum Gasteiger partial charge on any atom is 0.260 e. The molecule has 7 nitrogen and oxygen atoms in total. The summed E-state index contributed by atoms with van der Waals surface area (Å²) in [5.41, 5.74) is -0.578. The number of rotatable bonds is 6. The van der Waals surface area contributed by atoms with Crippen molar-refractivity contribution in [2.24, 2.45) is 0 Å². The summed E-state index contributed by atoms with van der Waals surface area (Å²) in [7, 11) is -0.497. The molecule has 0 aromatic carbocycles. The van der Waals surface area contributed by atoms with E-state index < -0.39 is 15.6 Å². The van der Waals surface area contributed by atoms with Crippen LogP contribution in [0, 0.1) is 0 Å². The molecule has 0 atom stereocenters. The first-order valence-electron chi connectivity index (χ1n) is 5.99. The Kier molecular flexibility index (Phi) is 4.05. The van der Waals surface area contributed by atoms with E-state index in [-0.39, 0.29) is 11.6 Å². The smallest absolute Gasteiger partial charge is 0.260 e. The van der Waals surface area contributed by atoms with E-state index in [1.165, 1.54) is 11.3 Å². The highest BCUT2D eigenvalue weighted by Gasteiger charge is 2.28. The van der Waals surface area contributed by atoms with Crippen molar-refractivity contribution in [3.63, 3.8) is 0 Å². The average Bonchev–Trinajstić information content (AvgIpc) is 2.95. The molecule has 0 unspecified atom stereocenters. The Morgan fingerprint density at radius 1 is 1.50 bits per heavy atom. The number of sulfonamides is 1. The number of imidazole rings is 1. The molecular weight excluding hydrogens is 300 g/mol. The molecule has 0 amide bonds. The second kappa shape index (κ2) is 5.32. The van der Waals surface area contributed by atoms with Gasteiger partial charge in [0.15, 0.2) is 15.8 Å². The zero-order valence-corrected chi connectivity index (χ0v) is 13.4. The number of thiazole rings is 1. The largest absolute Gasteiger partial charge is 0.377 e. The number of hydrogen-bond acceptors (Lipinski definition) is 6. The van der Waals surface area contributed by atoms with E-state index in [0.29, 0.717) is 10.8 Å². The SMILES string of the molecule is CNc1nc2sccn2c1S(=O)(=O)NCC(C)(C)OC. The van der Waals surface area contributed by atoms with Gasteiger partial charge in [0.1, 0.15) is 0 Å². The fraction of sp³-hybridized carbons (Fsp3) is 0.545. The van der Waals surface area contributed by atoms with E-state index in [2.05, 4.69) is 15.0 Å². The first kappa shape index (κ1) is 15.2. The Bertz CT molecular complexity index is 702. The highest BCUT2D eigenvalue weighted by Crippen LogP contribution is 2.25. The van der Waals surface area contributed by atoms with Crippen LogP contribution in [0.2, 0.25) is 0 Å². The summed E-state index contributed by atoms with van der Waals surface area (Å²) in [4.78, 5) is 4.87. The first-order valence-corrected chi connectivity index (χ1v) is 8.35. The lowest BCUT2D eigenvalue weighted by Crippen LogP contribution is -2.40. The summed E-state index contributed by atoms with van der Waals surface area (Å²) in [6, 6.07) is 0. The van der Waals surface area contributed by atoms with Gasteiger partial charge >= 0.3 is 0 Å². The fourth-order valence-electron chi connectivity index (χ4n) is 1.59. The number of fused-ring (bicyclic) bond motifs is 1. The third kappa shape index (κ3) is 2.80.